The standard InChI is InChI=1S/C25H24ClN3O4S/c26-20-14-18(4-7-22(20)33-11-1-8-28-9-12-32-13-10-28)29-16-27-21-15-23(34-24(21)25(29)31)17-2-5-19(30)6-3-17/h2-7,14-16,30H,1,8-13H2. The van der Waals surface area contributed by atoms with Gasteiger partial charge in [-0.1, -0.05) is 11.6 Å². The van der Waals surface area contributed by atoms with E-state index in [9.17, 15) is 9.90 Å². The molecule has 0 atom stereocenters. The van der Waals surface area contributed by atoms with E-state index in [4.69, 9.17) is 21.1 Å². The van der Waals surface area contributed by atoms with E-state index in [1.165, 1.54) is 22.2 Å². The highest BCUT2D eigenvalue weighted by Gasteiger charge is 2.14. The van der Waals surface area contributed by atoms with Gasteiger partial charge in [-0.15, -0.1) is 11.3 Å². The van der Waals surface area contributed by atoms with Crippen molar-refractivity contribution in [1.29, 1.82) is 0 Å². The molecule has 0 aliphatic carbocycles. The van der Waals surface area contributed by atoms with E-state index in [1.807, 2.05) is 24.3 Å². The molecule has 0 spiro atoms. The lowest BCUT2D eigenvalue weighted by Gasteiger charge is -2.26. The molecule has 0 radical (unpaired) electrons. The summed E-state index contributed by atoms with van der Waals surface area (Å²) in [6.07, 6.45) is 2.42. The zero-order valence-corrected chi connectivity index (χ0v) is 20.0. The first kappa shape index (κ1) is 22.9. The Morgan fingerprint density at radius 3 is 2.68 bits per heavy atom. The summed E-state index contributed by atoms with van der Waals surface area (Å²) >= 11 is 7.85. The number of hydrogen-bond acceptors (Lipinski definition) is 7. The van der Waals surface area contributed by atoms with Gasteiger partial charge in [-0.3, -0.25) is 14.3 Å². The van der Waals surface area contributed by atoms with Crippen LogP contribution in [0.4, 0.5) is 0 Å². The number of ether oxygens (including phenoxy) is 2. The normalized spacial score (nSPS) is 14.5. The van der Waals surface area contributed by atoms with E-state index >= 15 is 0 Å². The Labute approximate surface area is 205 Å². The lowest BCUT2D eigenvalue weighted by atomic mass is 10.2. The fraction of sp³-hybridized carbons (Fsp3) is 0.280. The van der Waals surface area contributed by atoms with Crippen molar-refractivity contribution >= 4 is 33.2 Å². The molecule has 2 aromatic carbocycles. The number of thiophene rings is 1. The maximum absolute atomic E-state index is 13.2. The highest BCUT2D eigenvalue weighted by atomic mass is 35.5. The number of fused-ring (bicyclic) bond motifs is 1. The molecule has 0 unspecified atom stereocenters. The molecule has 1 saturated heterocycles. The van der Waals surface area contributed by atoms with Crippen molar-refractivity contribution in [3.63, 3.8) is 0 Å². The first-order valence-corrected chi connectivity index (χ1v) is 12.3. The molecule has 0 bridgehead atoms. The van der Waals surface area contributed by atoms with Gasteiger partial charge in [-0.25, -0.2) is 4.98 Å². The van der Waals surface area contributed by atoms with Crippen molar-refractivity contribution < 1.29 is 14.6 Å². The second-order valence-electron chi connectivity index (χ2n) is 8.06. The van der Waals surface area contributed by atoms with Crippen molar-refractivity contribution in [3.8, 4) is 27.6 Å². The second-order valence-corrected chi connectivity index (χ2v) is 9.52. The van der Waals surface area contributed by atoms with E-state index in [1.54, 1.807) is 24.3 Å². The maximum Gasteiger partial charge on any atom is 0.275 e. The molecule has 176 valence electrons. The largest absolute Gasteiger partial charge is 0.508 e. The van der Waals surface area contributed by atoms with Crippen LogP contribution in [0.25, 0.3) is 26.3 Å². The van der Waals surface area contributed by atoms with Gasteiger partial charge in [-0.05, 0) is 60.5 Å². The van der Waals surface area contributed by atoms with Crippen LogP contribution in [0.1, 0.15) is 6.42 Å². The highest BCUT2D eigenvalue weighted by Crippen LogP contribution is 2.32. The lowest BCUT2D eigenvalue weighted by Crippen LogP contribution is -2.37. The minimum absolute atomic E-state index is 0.157. The molecule has 2 aromatic heterocycles. The molecule has 9 heteroatoms. The van der Waals surface area contributed by atoms with E-state index in [0.29, 0.717) is 33.3 Å². The van der Waals surface area contributed by atoms with Crippen molar-refractivity contribution in [2.45, 2.75) is 6.42 Å². The number of aromatic nitrogens is 2. The number of aromatic hydroxyl groups is 1. The third-order valence-corrected chi connectivity index (χ3v) is 7.22. The third kappa shape index (κ3) is 4.95. The zero-order valence-electron chi connectivity index (χ0n) is 18.4. The number of morpholine rings is 1. The number of rotatable bonds is 7. The second kappa shape index (κ2) is 10.1. The van der Waals surface area contributed by atoms with Gasteiger partial charge in [0, 0.05) is 24.5 Å². The Morgan fingerprint density at radius 1 is 1.12 bits per heavy atom. The fourth-order valence-electron chi connectivity index (χ4n) is 3.92. The summed E-state index contributed by atoms with van der Waals surface area (Å²) in [5.41, 5.74) is 2.03. The van der Waals surface area contributed by atoms with Gasteiger partial charge in [0.2, 0.25) is 0 Å². The van der Waals surface area contributed by atoms with Gasteiger partial charge in [0.15, 0.2) is 0 Å². The summed E-state index contributed by atoms with van der Waals surface area (Å²) in [7, 11) is 0. The van der Waals surface area contributed by atoms with Gasteiger partial charge in [0.25, 0.3) is 5.56 Å². The number of phenolic OH excluding ortho intramolecular Hbond substituents is 1. The number of benzene rings is 2. The number of halogens is 1. The summed E-state index contributed by atoms with van der Waals surface area (Å²) in [6, 6.07) is 14.1. The van der Waals surface area contributed by atoms with Crippen LogP contribution in [-0.4, -0.2) is 59.0 Å². The topological polar surface area (TPSA) is 76.8 Å². The molecule has 0 saturated carbocycles. The molecular weight excluding hydrogens is 474 g/mol. The van der Waals surface area contributed by atoms with Crippen LogP contribution in [0.3, 0.4) is 0 Å². The van der Waals surface area contributed by atoms with Crippen LogP contribution in [0.2, 0.25) is 5.02 Å². The maximum atomic E-state index is 13.2. The minimum Gasteiger partial charge on any atom is -0.508 e. The third-order valence-electron chi connectivity index (χ3n) is 5.76. The Balaban J connectivity index is 1.31. The quantitative estimate of drug-likeness (QED) is 0.377. The molecule has 1 aliphatic heterocycles. The van der Waals surface area contributed by atoms with Crippen LogP contribution < -0.4 is 10.3 Å². The average molecular weight is 498 g/mol. The van der Waals surface area contributed by atoms with Gasteiger partial charge >= 0.3 is 0 Å². The fourth-order valence-corrected chi connectivity index (χ4v) is 5.19. The van der Waals surface area contributed by atoms with E-state index in [2.05, 4.69) is 9.88 Å². The zero-order chi connectivity index (χ0) is 23.5. The smallest absolute Gasteiger partial charge is 0.275 e. The van der Waals surface area contributed by atoms with Gasteiger partial charge in [0.1, 0.15) is 22.5 Å². The Hall–Kier alpha value is -2.91. The van der Waals surface area contributed by atoms with Crippen LogP contribution in [0.5, 0.6) is 11.5 Å². The average Bonchev–Trinajstić information content (AvgIpc) is 3.29. The van der Waals surface area contributed by atoms with E-state index in [0.717, 1.165) is 49.7 Å². The number of hydrogen-bond donors (Lipinski definition) is 1. The molecule has 3 heterocycles. The molecule has 0 amide bonds. The van der Waals surface area contributed by atoms with Crippen LogP contribution >= 0.6 is 22.9 Å². The summed E-state index contributed by atoms with van der Waals surface area (Å²) in [4.78, 5) is 20.9. The Kier molecular flexibility index (Phi) is 6.82. The number of nitrogens with zero attached hydrogens (tertiary/aromatic N) is 3. The van der Waals surface area contributed by atoms with Crippen LogP contribution in [0.15, 0.2) is 59.7 Å². The molecule has 5 rings (SSSR count). The predicted molar refractivity (Wildman–Crippen MR) is 135 cm³/mol. The summed E-state index contributed by atoms with van der Waals surface area (Å²) in [5, 5.41) is 9.97. The number of phenols is 1. The highest BCUT2D eigenvalue weighted by molar-refractivity contribution is 7.22. The van der Waals surface area contributed by atoms with Crippen LogP contribution in [-0.2, 0) is 4.74 Å². The molecule has 1 aliphatic rings. The monoisotopic (exact) mass is 497 g/mol. The first-order chi connectivity index (χ1) is 16.6. The summed E-state index contributed by atoms with van der Waals surface area (Å²) in [6.45, 7) is 5.04. The predicted octanol–water partition coefficient (Wildman–Crippen LogP) is 4.57. The van der Waals surface area contributed by atoms with Crippen molar-refractivity contribution in [3.05, 3.63) is 70.2 Å². The van der Waals surface area contributed by atoms with Gasteiger partial charge in [0.05, 0.1) is 36.0 Å². The summed E-state index contributed by atoms with van der Waals surface area (Å²) in [5.74, 6) is 0.798. The summed E-state index contributed by atoms with van der Waals surface area (Å²) < 4.78 is 13.3. The lowest BCUT2D eigenvalue weighted by molar-refractivity contribution is 0.0358. The minimum atomic E-state index is -0.157. The van der Waals surface area contributed by atoms with Gasteiger partial charge < -0.3 is 14.6 Å². The van der Waals surface area contributed by atoms with Crippen molar-refractivity contribution in [2.24, 2.45) is 0 Å². The van der Waals surface area contributed by atoms with Gasteiger partial charge in [-0.2, -0.15) is 0 Å². The van der Waals surface area contributed by atoms with Crippen LogP contribution in [0, 0.1) is 0 Å². The van der Waals surface area contributed by atoms with Crippen molar-refractivity contribution in [2.75, 3.05) is 39.5 Å². The first-order valence-electron chi connectivity index (χ1n) is 11.1. The molecule has 1 N–H and O–H groups in total. The van der Waals surface area contributed by atoms with Crippen molar-refractivity contribution in [1.82, 2.24) is 14.5 Å². The molecule has 1 fully saturated rings. The van der Waals surface area contributed by atoms with E-state index < -0.39 is 0 Å². The molecular formula is C25H24ClN3O4S. The molecule has 4 aromatic rings. The SMILES string of the molecule is O=c1c2sc(-c3ccc(O)cc3)cc2ncn1-c1ccc(OCCCN2CCOCC2)c(Cl)c1. The Morgan fingerprint density at radius 2 is 1.91 bits per heavy atom. The molecule has 7 nitrogen and oxygen atoms in total. The molecule has 34 heavy (non-hydrogen) atoms. The van der Waals surface area contributed by atoms with E-state index in [-0.39, 0.29) is 11.3 Å². The Bertz CT molecular complexity index is 1350.